The predicted molar refractivity (Wildman–Crippen MR) is 145 cm³/mol. The molecule has 192 valence electrons. The van der Waals surface area contributed by atoms with Crippen LogP contribution in [0.4, 0.5) is 5.69 Å². The number of anilines is 1. The number of fused-ring (bicyclic) bond motifs is 1. The molecule has 0 aromatic heterocycles. The van der Waals surface area contributed by atoms with Crippen LogP contribution < -0.4 is 10.6 Å². The van der Waals surface area contributed by atoms with Crippen LogP contribution in [0.15, 0.2) is 42.5 Å². The summed E-state index contributed by atoms with van der Waals surface area (Å²) >= 11 is 12.7. The summed E-state index contributed by atoms with van der Waals surface area (Å²) in [4.78, 5) is 29.8. The summed E-state index contributed by atoms with van der Waals surface area (Å²) in [5.41, 5.74) is 1.54. The number of benzene rings is 2. The number of hydrogen-bond acceptors (Lipinski definition) is 3. The van der Waals surface area contributed by atoms with E-state index in [0.717, 1.165) is 61.8 Å². The first-order chi connectivity index (χ1) is 17.3. The van der Waals surface area contributed by atoms with Crippen molar-refractivity contribution in [3.8, 4) is 0 Å². The van der Waals surface area contributed by atoms with Crippen LogP contribution >= 0.6 is 23.2 Å². The standard InChI is InChI=1S/C29H35Cl2N3O2/c1-19-10-12-24(14-19)34(18-27(35)32-23-8-3-2-4-9-23)29(17-20-6-5-7-21(30)15-20)25-13-11-22(31)16-26(25)33-28(29)36/h5-7,11,13,15-16,19,23-24H,2-4,8-10,12,14,17-18H2,1H3,(H,32,35)(H,33,36). The molecular formula is C29H35Cl2N3O2. The lowest BCUT2D eigenvalue weighted by molar-refractivity contribution is -0.134. The van der Waals surface area contributed by atoms with Crippen molar-refractivity contribution in [2.24, 2.45) is 5.92 Å². The highest BCUT2D eigenvalue weighted by molar-refractivity contribution is 6.31. The van der Waals surface area contributed by atoms with Crippen LogP contribution in [0.25, 0.3) is 0 Å². The Morgan fingerprint density at radius 2 is 1.83 bits per heavy atom. The maximum atomic E-state index is 14.0. The van der Waals surface area contributed by atoms with Gasteiger partial charge in [-0.25, -0.2) is 0 Å². The van der Waals surface area contributed by atoms with E-state index >= 15 is 0 Å². The third kappa shape index (κ3) is 5.16. The zero-order valence-electron chi connectivity index (χ0n) is 20.9. The van der Waals surface area contributed by atoms with Gasteiger partial charge in [0, 0.05) is 39.8 Å². The minimum atomic E-state index is -1.02. The molecular weight excluding hydrogens is 493 g/mol. The topological polar surface area (TPSA) is 61.4 Å². The van der Waals surface area contributed by atoms with Gasteiger partial charge in [0.2, 0.25) is 11.8 Å². The Labute approximate surface area is 223 Å². The first-order valence-electron chi connectivity index (χ1n) is 13.3. The summed E-state index contributed by atoms with van der Waals surface area (Å²) in [6, 6.07) is 13.6. The smallest absolute Gasteiger partial charge is 0.249 e. The molecule has 3 aliphatic rings. The van der Waals surface area contributed by atoms with Gasteiger partial charge in [0.05, 0.1) is 6.54 Å². The van der Waals surface area contributed by atoms with E-state index in [2.05, 4.69) is 22.5 Å². The third-order valence-corrected chi connectivity index (χ3v) is 8.75. The zero-order valence-corrected chi connectivity index (χ0v) is 22.4. The average molecular weight is 529 g/mol. The number of amides is 2. The van der Waals surface area contributed by atoms with Gasteiger partial charge in [-0.1, -0.05) is 67.6 Å². The molecule has 0 saturated heterocycles. The highest BCUT2D eigenvalue weighted by Gasteiger charge is 2.54. The summed E-state index contributed by atoms with van der Waals surface area (Å²) in [6.45, 7) is 2.44. The van der Waals surface area contributed by atoms with Crippen LogP contribution in [0.2, 0.25) is 10.0 Å². The Morgan fingerprint density at radius 3 is 2.56 bits per heavy atom. The number of hydrogen-bond donors (Lipinski definition) is 2. The highest BCUT2D eigenvalue weighted by Crippen LogP contribution is 2.47. The molecule has 2 saturated carbocycles. The van der Waals surface area contributed by atoms with Gasteiger partial charge in [-0.15, -0.1) is 0 Å². The molecule has 2 fully saturated rings. The number of nitrogens with one attached hydrogen (secondary N) is 2. The molecule has 5 nitrogen and oxygen atoms in total. The molecule has 0 radical (unpaired) electrons. The molecule has 2 amide bonds. The lowest BCUT2D eigenvalue weighted by Crippen LogP contribution is -2.59. The van der Waals surface area contributed by atoms with Crippen LogP contribution in [0.5, 0.6) is 0 Å². The van der Waals surface area contributed by atoms with Crippen LogP contribution in [0, 0.1) is 5.92 Å². The van der Waals surface area contributed by atoms with Crippen LogP contribution in [0.1, 0.15) is 69.4 Å². The molecule has 0 bridgehead atoms. The molecule has 2 N–H and O–H groups in total. The van der Waals surface area contributed by atoms with Crippen LogP contribution in [-0.4, -0.2) is 35.3 Å². The van der Waals surface area contributed by atoms with Crippen molar-refractivity contribution in [3.63, 3.8) is 0 Å². The second-order valence-electron chi connectivity index (χ2n) is 10.9. The molecule has 36 heavy (non-hydrogen) atoms. The number of nitrogens with zero attached hydrogens (tertiary/aromatic N) is 1. The SMILES string of the molecule is CC1CCC(N(CC(=O)NC2CCCCC2)C2(Cc3cccc(Cl)c3)C(=O)Nc3cc(Cl)ccc32)C1. The lowest BCUT2D eigenvalue weighted by Gasteiger charge is -2.43. The van der Waals surface area contributed by atoms with Gasteiger partial charge in [-0.05, 0) is 67.9 Å². The second kappa shape index (κ2) is 10.7. The Kier molecular flexibility index (Phi) is 7.62. The summed E-state index contributed by atoms with van der Waals surface area (Å²) < 4.78 is 0. The van der Waals surface area contributed by atoms with E-state index in [1.54, 1.807) is 0 Å². The van der Waals surface area contributed by atoms with Crippen molar-refractivity contribution in [2.45, 2.75) is 82.3 Å². The molecule has 3 unspecified atom stereocenters. The van der Waals surface area contributed by atoms with Crippen LogP contribution in [0.3, 0.4) is 0 Å². The van der Waals surface area contributed by atoms with E-state index in [1.807, 2.05) is 42.5 Å². The molecule has 1 heterocycles. The molecule has 2 aliphatic carbocycles. The predicted octanol–water partition coefficient (Wildman–Crippen LogP) is 6.32. The molecule has 7 heteroatoms. The summed E-state index contributed by atoms with van der Waals surface area (Å²) in [5, 5.41) is 7.60. The Balaban J connectivity index is 1.56. The number of carbonyl (C=O) groups is 2. The summed E-state index contributed by atoms with van der Waals surface area (Å²) in [5.74, 6) is 0.447. The lowest BCUT2D eigenvalue weighted by atomic mass is 9.81. The van der Waals surface area contributed by atoms with Gasteiger partial charge in [0.25, 0.3) is 0 Å². The molecule has 3 atom stereocenters. The molecule has 2 aromatic carbocycles. The normalized spacial score (nSPS) is 26.2. The monoisotopic (exact) mass is 527 g/mol. The third-order valence-electron chi connectivity index (χ3n) is 8.28. The number of halogens is 2. The largest absolute Gasteiger partial charge is 0.352 e. The highest BCUT2D eigenvalue weighted by atomic mass is 35.5. The second-order valence-corrected chi connectivity index (χ2v) is 11.8. The fourth-order valence-electron chi connectivity index (χ4n) is 6.54. The Bertz CT molecular complexity index is 1130. The number of rotatable bonds is 7. The van der Waals surface area contributed by atoms with Gasteiger partial charge in [-0.2, -0.15) is 0 Å². The number of carbonyl (C=O) groups excluding carboxylic acids is 2. The average Bonchev–Trinajstić information content (AvgIpc) is 3.39. The Morgan fingerprint density at radius 1 is 1.06 bits per heavy atom. The van der Waals surface area contributed by atoms with E-state index in [-0.39, 0.29) is 30.4 Å². The molecule has 0 spiro atoms. The quantitative estimate of drug-likeness (QED) is 0.442. The van der Waals surface area contributed by atoms with E-state index in [4.69, 9.17) is 23.2 Å². The minimum Gasteiger partial charge on any atom is -0.352 e. The first-order valence-corrected chi connectivity index (χ1v) is 14.0. The van der Waals surface area contributed by atoms with Crippen molar-refractivity contribution in [3.05, 3.63) is 63.6 Å². The maximum absolute atomic E-state index is 14.0. The van der Waals surface area contributed by atoms with E-state index in [0.29, 0.717) is 22.4 Å². The fourth-order valence-corrected chi connectivity index (χ4v) is 6.93. The maximum Gasteiger partial charge on any atom is 0.249 e. The van der Waals surface area contributed by atoms with Gasteiger partial charge < -0.3 is 10.6 Å². The van der Waals surface area contributed by atoms with Gasteiger partial charge in [0.15, 0.2) is 0 Å². The van der Waals surface area contributed by atoms with E-state index < -0.39 is 5.54 Å². The molecule has 2 aromatic rings. The molecule has 5 rings (SSSR count). The van der Waals surface area contributed by atoms with Crippen molar-refractivity contribution in [1.82, 2.24) is 10.2 Å². The van der Waals surface area contributed by atoms with Gasteiger partial charge in [-0.3, -0.25) is 14.5 Å². The van der Waals surface area contributed by atoms with E-state index in [9.17, 15) is 9.59 Å². The van der Waals surface area contributed by atoms with Crippen molar-refractivity contribution in [2.75, 3.05) is 11.9 Å². The first kappa shape index (κ1) is 25.6. The van der Waals surface area contributed by atoms with Crippen molar-refractivity contribution >= 4 is 40.7 Å². The van der Waals surface area contributed by atoms with Gasteiger partial charge >= 0.3 is 0 Å². The van der Waals surface area contributed by atoms with Crippen molar-refractivity contribution in [1.29, 1.82) is 0 Å². The van der Waals surface area contributed by atoms with Crippen LogP contribution in [-0.2, 0) is 21.5 Å². The fraction of sp³-hybridized carbons (Fsp3) is 0.517. The summed E-state index contributed by atoms with van der Waals surface area (Å²) in [7, 11) is 0. The van der Waals surface area contributed by atoms with E-state index in [1.165, 1.54) is 6.42 Å². The zero-order chi connectivity index (χ0) is 25.3. The Hall–Kier alpha value is -2.08. The van der Waals surface area contributed by atoms with Crippen molar-refractivity contribution < 1.29 is 9.59 Å². The van der Waals surface area contributed by atoms with Gasteiger partial charge in [0.1, 0.15) is 5.54 Å². The summed E-state index contributed by atoms with van der Waals surface area (Å²) in [6.07, 6.45) is 9.05. The minimum absolute atomic E-state index is 0.00198. The molecule has 1 aliphatic heterocycles.